The van der Waals surface area contributed by atoms with Gasteiger partial charge in [-0.2, -0.15) is 5.10 Å². The smallest absolute Gasteiger partial charge is 0.239 e. The van der Waals surface area contributed by atoms with Gasteiger partial charge in [0.05, 0.1) is 24.0 Å². The fourth-order valence-electron chi connectivity index (χ4n) is 4.96. The number of amides is 1. The first kappa shape index (κ1) is 21.9. The van der Waals surface area contributed by atoms with Crippen LogP contribution in [0.4, 0.5) is 5.82 Å². The van der Waals surface area contributed by atoms with Gasteiger partial charge < -0.3 is 10.1 Å². The van der Waals surface area contributed by atoms with Gasteiger partial charge in [-0.3, -0.25) is 9.69 Å². The molecule has 6 heteroatoms. The maximum atomic E-state index is 12.9. The third-order valence-corrected chi connectivity index (χ3v) is 6.68. The van der Waals surface area contributed by atoms with Crippen molar-refractivity contribution >= 4 is 11.7 Å². The normalized spacial score (nSPS) is 16.6. The second kappa shape index (κ2) is 9.89. The van der Waals surface area contributed by atoms with Gasteiger partial charge in [0.2, 0.25) is 5.91 Å². The number of likely N-dealkylation sites (tertiary alicyclic amines) is 1. The zero-order valence-corrected chi connectivity index (χ0v) is 19.3. The predicted molar refractivity (Wildman–Crippen MR) is 131 cm³/mol. The van der Waals surface area contributed by atoms with Gasteiger partial charge >= 0.3 is 0 Å². The van der Waals surface area contributed by atoms with E-state index in [0.29, 0.717) is 18.5 Å². The van der Waals surface area contributed by atoms with E-state index in [-0.39, 0.29) is 5.91 Å². The predicted octanol–water partition coefficient (Wildman–Crippen LogP) is 4.47. The summed E-state index contributed by atoms with van der Waals surface area (Å²) in [5.41, 5.74) is 5.77. The van der Waals surface area contributed by atoms with Crippen molar-refractivity contribution in [1.29, 1.82) is 0 Å². The van der Waals surface area contributed by atoms with Gasteiger partial charge in [-0.05, 0) is 68.4 Å². The lowest BCUT2D eigenvalue weighted by Gasteiger charge is -2.31. The first-order valence-corrected chi connectivity index (χ1v) is 12.1. The quantitative estimate of drug-likeness (QED) is 0.584. The van der Waals surface area contributed by atoms with Crippen molar-refractivity contribution in [3.63, 3.8) is 0 Å². The van der Waals surface area contributed by atoms with Crippen LogP contribution in [0.15, 0.2) is 54.6 Å². The molecule has 1 amide bonds. The first-order chi connectivity index (χ1) is 16.2. The van der Waals surface area contributed by atoms with Crippen LogP contribution >= 0.6 is 0 Å². The van der Waals surface area contributed by atoms with Crippen molar-refractivity contribution in [3.8, 4) is 16.9 Å². The third kappa shape index (κ3) is 5.02. The summed E-state index contributed by atoms with van der Waals surface area (Å²) in [6, 6.07) is 18.6. The number of nitrogens with zero attached hydrogens (tertiary/aromatic N) is 3. The van der Waals surface area contributed by atoms with Gasteiger partial charge in [-0.1, -0.05) is 30.3 Å². The molecular formula is C27H32N4O2. The molecule has 2 aliphatic rings. The van der Waals surface area contributed by atoms with Crippen molar-refractivity contribution in [2.75, 3.05) is 31.6 Å². The third-order valence-electron chi connectivity index (χ3n) is 6.68. The molecule has 1 N–H and O–H groups in total. The summed E-state index contributed by atoms with van der Waals surface area (Å²) in [6.45, 7) is 4.94. The van der Waals surface area contributed by atoms with Gasteiger partial charge in [0.15, 0.2) is 0 Å². The van der Waals surface area contributed by atoms with Gasteiger partial charge in [0.25, 0.3) is 0 Å². The standard InChI is InChI=1S/C27H32N4O2/c1-2-33-24-13-15-30(16-14-24)19-27(32)28-26-18-25(29-31(26)23-9-4-3-5-10-23)22-12-11-20-7-6-8-21(20)17-22/h3-5,9-12,17-18,24H,2,6-8,13-16,19H2,1H3,(H,28,32). The number of aromatic nitrogens is 2. The Bertz CT molecular complexity index is 1100. The van der Waals surface area contributed by atoms with Crippen molar-refractivity contribution in [1.82, 2.24) is 14.7 Å². The van der Waals surface area contributed by atoms with Crippen LogP contribution in [0, 0.1) is 0 Å². The highest BCUT2D eigenvalue weighted by Crippen LogP contribution is 2.30. The number of hydrogen-bond acceptors (Lipinski definition) is 4. The molecule has 1 aliphatic heterocycles. The highest BCUT2D eigenvalue weighted by atomic mass is 16.5. The van der Waals surface area contributed by atoms with E-state index in [0.717, 1.165) is 62.3 Å². The molecule has 0 saturated carbocycles. The Morgan fingerprint density at radius 1 is 1.06 bits per heavy atom. The van der Waals surface area contributed by atoms with Gasteiger partial charge in [-0.25, -0.2) is 4.68 Å². The van der Waals surface area contributed by atoms with Crippen LogP contribution in [0.5, 0.6) is 0 Å². The lowest BCUT2D eigenvalue weighted by atomic mass is 10.0. The molecule has 0 radical (unpaired) electrons. The summed E-state index contributed by atoms with van der Waals surface area (Å²) in [7, 11) is 0. The van der Waals surface area contributed by atoms with Crippen LogP contribution in [0.25, 0.3) is 16.9 Å². The molecule has 0 spiro atoms. The Kier molecular flexibility index (Phi) is 6.55. The molecule has 0 unspecified atom stereocenters. The van der Waals surface area contributed by atoms with Crippen LogP contribution in [0.1, 0.15) is 37.3 Å². The van der Waals surface area contributed by atoms with Crippen LogP contribution in [-0.2, 0) is 22.4 Å². The minimum absolute atomic E-state index is 0.0116. The number of nitrogens with one attached hydrogen (secondary N) is 1. The Hall–Kier alpha value is -2.96. The topological polar surface area (TPSA) is 59.4 Å². The maximum absolute atomic E-state index is 12.9. The number of carbonyl (C=O) groups excluding carboxylic acids is 1. The Labute approximate surface area is 195 Å². The van der Waals surface area contributed by atoms with Crippen LogP contribution in [0.2, 0.25) is 0 Å². The molecule has 172 valence electrons. The van der Waals surface area contributed by atoms with E-state index < -0.39 is 0 Å². The number of carbonyl (C=O) groups is 1. The molecule has 33 heavy (non-hydrogen) atoms. The van der Waals surface area contributed by atoms with E-state index in [1.807, 2.05) is 48.0 Å². The monoisotopic (exact) mass is 444 g/mol. The molecule has 3 aromatic rings. The highest BCUT2D eigenvalue weighted by Gasteiger charge is 2.22. The van der Waals surface area contributed by atoms with Crippen LogP contribution in [0.3, 0.4) is 0 Å². The molecular weight excluding hydrogens is 412 g/mol. The fraction of sp³-hybridized carbons (Fsp3) is 0.407. The van der Waals surface area contributed by atoms with Crippen molar-refractivity contribution < 1.29 is 9.53 Å². The summed E-state index contributed by atoms with van der Waals surface area (Å²) in [4.78, 5) is 15.1. The average Bonchev–Trinajstić information content (AvgIpc) is 3.47. The van der Waals surface area contributed by atoms with E-state index in [2.05, 4.69) is 28.4 Å². The van der Waals surface area contributed by atoms with E-state index >= 15 is 0 Å². The van der Waals surface area contributed by atoms with Gasteiger partial charge in [0, 0.05) is 31.3 Å². The summed E-state index contributed by atoms with van der Waals surface area (Å²) < 4.78 is 7.57. The molecule has 2 aromatic carbocycles. The number of para-hydroxylation sites is 1. The molecule has 6 nitrogen and oxygen atoms in total. The fourth-order valence-corrected chi connectivity index (χ4v) is 4.96. The lowest BCUT2D eigenvalue weighted by molar-refractivity contribution is -0.118. The SMILES string of the molecule is CCOC1CCN(CC(=O)Nc2cc(-c3ccc4c(c3)CCC4)nn2-c2ccccc2)CC1. The van der Waals surface area contributed by atoms with E-state index in [1.54, 1.807) is 0 Å². The molecule has 1 fully saturated rings. The van der Waals surface area contributed by atoms with Crippen molar-refractivity contribution in [3.05, 3.63) is 65.7 Å². The number of hydrogen-bond donors (Lipinski definition) is 1. The molecule has 5 rings (SSSR count). The van der Waals surface area contributed by atoms with Crippen LogP contribution < -0.4 is 5.32 Å². The second-order valence-electron chi connectivity index (χ2n) is 8.98. The average molecular weight is 445 g/mol. The van der Waals surface area contributed by atoms with Crippen LogP contribution in [-0.4, -0.2) is 52.9 Å². The highest BCUT2D eigenvalue weighted by molar-refractivity contribution is 5.92. The molecule has 2 heterocycles. The number of piperidine rings is 1. The Balaban J connectivity index is 1.34. The lowest BCUT2D eigenvalue weighted by Crippen LogP contribution is -2.41. The number of rotatable bonds is 7. The number of benzene rings is 2. The maximum Gasteiger partial charge on any atom is 0.239 e. The number of aryl methyl sites for hydroxylation is 2. The summed E-state index contributed by atoms with van der Waals surface area (Å²) in [5.74, 6) is 0.688. The second-order valence-corrected chi connectivity index (χ2v) is 8.98. The van der Waals surface area contributed by atoms with E-state index in [4.69, 9.17) is 9.84 Å². The zero-order chi connectivity index (χ0) is 22.6. The molecule has 1 saturated heterocycles. The minimum Gasteiger partial charge on any atom is -0.378 e. The largest absolute Gasteiger partial charge is 0.378 e. The minimum atomic E-state index is -0.0116. The molecule has 1 aromatic heterocycles. The van der Waals surface area contributed by atoms with Gasteiger partial charge in [-0.15, -0.1) is 0 Å². The first-order valence-electron chi connectivity index (χ1n) is 12.1. The molecule has 0 atom stereocenters. The van der Waals surface area contributed by atoms with Crippen molar-refractivity contribution in [2.24, 2.45) is 0 Å². The number of fused-ring (bicyclic) bond motifs is 1. The molecule has 1 aliphatic carbocycles. The Morgan fingerprint density at radius 3 is 2.64 bits per heavy atom. The summed E-state index contributed by atoms with van der Waals surface area (Å²) in [6.07, 6.45) is 5.80. The van der Waals surface area contributed by atoms with E-state index in [9.17, 15) is 4.79 Å². The summed E-state index contributed by atoms with van der Waals surface area (Å²) >= 11 is 0. The molecule has 0 bridgehead atoms. The zero-order valence-electron chi connectivity index (χ0n) is 19.3. The van der Waals surface area contributed by atoms with Crippen molar-refractivity contribution in [2.45, 2.75) is 45.1 Å². The van der Waals surface area contributed by atoms with Gasteiger partial charge in [0.1, 0.15) is 5.82 Å². The number of anilines is 1. The van der Waals surface area contributed by atoms with E-state index in [1.165, 1.54) is 17.5 Å². The number of ether oxygens (including phenoxy) is 1. The Morgan fingerprint density at radius 2 is 1.85 bits per heavy atom. The summed E-state index contributed by atoms with van der Waals surface area (Å²) in [5, 5.41) is 8.00.